The molecule has 8 heteroatoms. The Labute approximate surface area is 186 Å². The molecule has 0 saturated carbocycles. The molecule has 1 aromatic heterocycles. The van der Waals surface area contributed by atoms with E-state index in [2.05, 4.69) is 65.8 Å². The van der Waals surface area contributed by atoms with Crippen LogP contribution in [0.2, 0.25) is 0 Å². The summed E-state index contributed by atoms with van der Waals surface area (Å²) in [5.41, 5.74) is 5.63. The third-order valence-corrected chi connectivity index (χ3v) is 5.64. The van der Waals surface area contributed by atoms with Gasteiger partial charge in [0.15, 0.2) is 11.0 Å². The molecule has 0 aliphatic heterocycles. The Hall–Kier alpha value is -3.13. The molecule has 0 fully saturated rings. The molecule has 0 aliphatic rings. The Morgan fingerprint density at radius 3 is 2.42 bits per heavy atom. The van der Waals surface area contributed by atoms with Gasteiger partial charge in [0.1, 0.15) is 5.75 Å². The highest BCUT2D eigenvalue weighted by Gasteiger charge is 2.17. The number of thioether (sulfide) groups is 1. The fraction of sp³-hybridized carbons (Fsp3) is 0.304. The van der Waals surface area contributed by atoms with Gasteiger partial charge in [-0.3, -0.25) is 4.79 Å². The second-order valence-electron chi connectivity index (χ2n) is 8.05. The molecule has 7 nitrogen and oxygen atoms in total. The topological polar surface area (TPSA) is 92.4 Å². The summed E-state index contributed by atoms with van der Waals surface area (Å²) in [6.45, 7) is 9.29. The number of nitrogens with one attached hydrogen (secondary N) is 1. The first-order valence-electron chi connectivity index (χ1n) is 10.1. The van der Waals surface area contributed by atoms with Crippen LogP contribution in [0, 0.1) is 0 Å². The molecule has 0 aliphatic carbocycles. The Morgan fingerprint density at radius 1 is 1.13 bits per heavy atom. The first kappa shape index (κ1) is 22.6. The molecule has 0 saturated heterocycles. The first-order valence-corrected chi connectivity index (χ1v) is 11.0. The van der Waals surface area contributed by atoms with Crippen molar-refractivity contribution in [2.45, 2.75) is 44.8 Å². The van der Waals surface area contributed by atoms with E-state index in [9.17, 15) is 9.90 Å². The summed E-state index contributed by atoms with van der Waals surface area (Å²) < 4.78 is 2.00. The summed E-state index contributed by atoms with van der Waals surface area (Å²) in [6.07, 6.45) is 1.52. The molecule has 0 unspecified atom stereocenters. The van der Waals surface area contributed by atoms with Gasteiger partial charge in [-0.05, 0) is 47.7 Å². The highest BCUT2D eigenvalue weighted by Crippen LogP contribution is 2.27. The fourth-order valence-electron chi connectivity index (χ4n) is 2.91. The van der Waals surface area contributed by atoms with E-state index in [1.807, 2.05) is 11.5 Å². The van der Waals surface area contributed by atoms with Crippen LogP contribution in [0.4, 0.5) is 0 Å². The zero-order valence-corrected chi connectivity index (χ0v) is 19.0. The second kappa shape index (κ2) is 9.78. The van der Waals surface area contributed by atoms with Crippen molar-refractivity contribution < 1.29 is 9.90 Å². The predicted molar refractivity (Wildman–Crippen MR) is 124 cm³/mol. The molecule has 31 heavy (non-hydrogen) atoms. The van der Waals surface area contributed by atoms with Crippen molar-refractivity contribution in [2.75, 3.05) is 5.75 Å². The molecule has 2 N–H and O–H groups in total. The van der Waals surface area contributed by atoms with Crippen LogP contribution in [0.5, 0.6) is 5.75 Å². The lowest BCUT2D eigenvalue weighted by molar-refractivity contribution is -0.118. The standard InChI is InChI=1S/C23H27N5O2S/c1-5-28-21(17-8-10-18(11-9-17)23(2,3)4)26-27-22(28)31-15-20(30)25-24-14-16-6-12-19(29)13-7-16/h6-14,29H,5,15H2,1-4H3,(H,25,30)/b24-14-. The summed E-state index contributed by atoms with van der Waals surface area (Å²) in [5.74, 6) is 0.911. The van der Waals surface area contributed by atoms with Gasteiger partial charge in [-0.15, -0.1) is 10.2 Å². The van der Waals surface area contributed by atoms with E-state index in [-0.39, 0.29) is 22.8 Å². The predicted octanol–water partition coefficient (Wildman–Crippen LogP) is 4.21. The summed E-state index contributed by atoms with van der Waals surface area (Å²) in [5, 5.41) is 22.5. The lowest BCUT2D eigenvalue weighted by atomic mass is 9.87. The minimum atomic E-state index is -0.234. The minimum Gasteiger partial charge on any atom is -0.508 e. The molecule has 2 aromatic carbocycles. The van der Waals surface area contributed by atoms with Gasteiger partial charge in [-0.2, -0.15) is 5.10 Å². The number of aromatic nitrogens is 3. The number of carbonyl (C=O) groups excluding carboxylic acids is 1. The van der Waals surface area contributed by atoms with E-state index in [1.54, 1.807) is 24.3 Å². The van der Waals surface area contributed by atoms with Crippen LogP contribution in [0.15, 0.2) is 58.8 Å². The van der Waals surface area contributed by atoms with E-state index in [1.165, 1.54) is 23.5 Å². The number of hydrazone groups is 1. The molecule has 0 atom stereocenters. The number of hydrogen-bond donors (Lipinski definition) is 2. The van der Waals surface area contributed by atoms with Crippen molar-refractivity contribution in [3.05, 3.63) is 59.7 Å². The number of phenolic OH excluding ortho intramolecular Hbond substituents is 1. The van der Waals surface area contributed by atoms with Gasteiger partial charge in [-0.25, -0.2) is 5.43 Å². The molecular weight excluding hydrogens is 410 g/mol. The van der Waals surface area contributed by atoms with Crippen molar-refractivity contribution in [1.29, 1.82) is 0 Å². The number of aromatic hydroxyl groups is 1. The number of amides is 1. The summed E-state index contributed by atoms with van der Waals surface area (Å²) >= 11 is 1.32. The van der Waals surface area contributed by atoms with Crippen LogP contribution in [-0.2, 0) is 16.8 Å². The van der Waals surface area contributed by atoms with Gasteiger partial charge >= 0.3 is 0 Å². The number of nitrogens with zero attached hydrogens (tertiary/aromatic N) is 4. The summed E-state index contributed by atoms with van der Waals surface area (Å²) in [6, 6.07) is 14.9. The van der Waals surface area contributed by atoms with E-state index >= 15 is 0 Å². The number of benzene rings is 2. The van der Waals surface area contributed by atoms with Crippen LogP contribution in [0.3, 0.4) is 0 Å². The van der Waals surface area contributed by atoms with Crippen LogP contribution >= 0.6 is 11.8 Å². The molecule has 0 radical (unpaired) electrons. The van der Waals surface area contributed by atoms with Gasteiger partial charge in [0.25, 0.3) is 5.91 Å². The Bertz CT molecular complexity index is 1050. The zero-order valence-electron chi connectivity index (χ0n) is 18.2. The van der Waals surface area contributed by atoms with Crippen molar-refractivity contribution in [2.24, 2.45) is 5.10 Å². The van der Waals surface area contributed by atoms with E-state index in [0.717, 1.165) is 17.0 Å². The maximum Gasteiger partial charge on any atom is 0.250 e. The summed E-state index contributed by atoms with van der Waals surface area (Å²) in [4.78, 5) is 12.1. The van der Waals surface area contributed by atoms with Crippen molar-refractivity contribution in [3.8, 4) is 17.1 Å². The Balaban J connectivity index is 1.61. The second-order valence-corrected chi connectivity index (χ2v) is 8.99. The van der Waals surface area contributed by atoms with Crippen LogP contribution in [-0.4, -0.2) is 37.7 Å². The zero-order chi connectivity index (χ0) is 22.4. The monoisotopic (exact) mass is 437 g/mol. The lowest BCUT2D eigenvalue weighted by Crippen LogP contribution is -2.20. The average Bonchev–Trinajstić information content (AvgIpc) is 3.16. The molecular formula is C23H27N5O2S. The van der Waals surface area contributed by atoms with E-state index in [4.69, 9.17) is 0 Å². The highest BCUT2D eigenvalue weighted by atomic mass is 32.2. The fourth-order valence-corrected chi connectivity index (χ4v) is 3.71. The van der Waals surface area contributed by atoms with Crippen LogP contribution < -0.4 is 5.43 Å². The third-order valence-electron chi connectivity index (χ3n) is 4.67. The Kier molecular flexibility index (Phi) is 7.12. The van der Waals surface area contributed by atoms with Gasteiger partial charge in [0, 0.05) is 12.1 Å². The van der Waals surface area contributed by atoms with E-state index in [0.29, 0.717) is 11.7 Å². The first-order chi connectivity index (χ1) is 14.8. The van der Waals surface area contributed by atoms with Gasteiger partial charge < -0.3 is 9.67 Å². The molecule has 1 amide bonds. The largest absolute Gasteiger partial charge is 0.508 e. The third kappa shape index (κ3) is 5.95. The van der Waals surface area contributed by atoms with Gasteiger partial charge in [0.2, 0.25) is 0 Å². The quantitative estimate of drug-likeness (QED) is 0.328. The van der Waals surface area contributed by atoms with Gasteiger partial charge in [-0.1, -0.05) is 56.8 Å². The molecule has 3 aromatic rings. The lowest BCUT2D eigenvalue weighted by Gasteiger charge is -2.19. The molecule has 162 valence electrons. The number of hydrogen-bond acceptors (Lipinski definition) is 6. The highest BCUT2D eigenvalue weighted by molar-refractivity contribution is 7.99. The van der Waals surface area contributed by atoms with Crippen molar-refractivity contribution in [1.82, 2.24) is 20.2 Å². The smallest absolute Gasteiger partial charge is 0.250 e. The summed E-state index contributed by atoms with van der Waals surface area (Å²) in [7, 11) is 0. The number of phenols is 1. The molecule has 0 spiro atoms. The van der Waals surface area contributed by atoms with Crippen LogP contribution in [0.1, 0.15) is 38.8 Å². The maximum absolute atomic E-state index is 12.1. The van der Waals surface area contributed by atoms with Gasteiger partial charge in [0.05, 0.1) is 12.0 Å². The SMILES string of the molecule is CCn1c(SCC(=O)N/N=C\c2ccc(O)cc2)nnc1-c1ccc(C(C)(C)C)cc1. The minimum absolute atomic E-state index is 0.0934. The number of rotatable bonds is 7. The number of carbonyl (C=O) groups is 1. The normalized spacial score (nSPS) is 11.7. The van der Waals surface area contributed by atoms with E-state index < -0.39 is 0 Å². The molecule has 1 heterocycles. The van der Waals surface area contributed by atoms with Crippen LogP contribution in [0.25, 0.3) is 11.4 Å². The average molecular weight is 438 g/mol. The van der Waals surface area contributed by atoms with Crippen molar-refractivity contribution in [3.63, 3.8) is 0 Å². The molecule has 3 rings (SSSR count). The van der Waals surface area contributed by atoms with Crippen molar-refractivity contribution >= 4 is 23.9 Å². The Morgan fingerprint density at radius 2 is 1.81 bits per heavy atom. The molecule has 0 bridgehead atoms. The maximum atomic E-state index is 12.1.